The SMILES string of the molecule is C[C](N)C(C)(C)O. The first kappa shape index (κ1) is 6.92. The molecule has 0 heterocycles. The largest absolute Gasteiger partial charge is 0.388 e. The quantitative estimate of drug-likeness (QED) is 0.499. The highest BCUT2D eigenvalue weighted by Crippen LogP contribution is 2.09. The third kappa shape index (κ3) is 2.60. The first-order valence-corrected chi connectivity index (χ1v) is 2.26. The van der Waals surface area contributed by atoms with Crippen LogP contribution in [0.2, 0.25) is 0 Å². The average Bonchev–Trinajstić information content (AvgIpc) is 1.31. The van der Waals surface area contributed by atoms with Gasteiger partial charge in [0.25, 0.3) is 0 Å². The van der Waals surface area contributed by atoms with Gasteiger partial charge in [-0.05, 0) is 20.8 Å². The highest BCUT2D eigenvalue weighted by atomic mass is 16.3. The maximum absolute atomic E-state index is 8.93. The summed E-state index contributed by atoms with van der Waals surface area (Å²) in [5, 5.41) is 8.93. The van der Waals surface area contributed by atoms with Gasteiger partial charge in [-0.1, -0.05) is 0 Å². The summed E-state index contributed by atoms with van der Waals surface area (Å²) in [6.45, 7) is 5.00. The van der Waals surface area contributed by atoms with Crippen molar-refractivity contribution in [2.45, 2.75) is 26.4 Å². The van der Waals surface area contributed by atoms with Gasteiger partial charge in [0.05, 0.1) is 11.6 Å². The molecular weight excluding hydrogens is 90.1 g/mol. The fraction of sp³-hybridized carbons (Fsp3) is 0.800. The molecule has 0 aromatic carbocycles. The molecule has 0 spiro atoms. The van der Waals surface area contributed by atoms with E-state index in [0.29, 0.717) is 6.04 Å². The average molecular weight is 102 g/mol. The van der Waals surface area contributed by atoms with Crippen LogP contribution in [0.15, 0.2) is 0 Å². The first-order valence-electron chi connectivity index (χ1n) is 2.26. The molecule has 0 aromatic heterocycles. The van der Waals surface area contributed by atoms with Crippen LogP contribution in [0.25, 0.3) is 0 Å². The molecule has 0 rings (SSSR count). The second kappa shape index (κ2) is 1.80. The van der Waals surface area contributed by atoms with E-state index < -0.39 is 5.60 Å². The summed E-state index contributed by atoms with van der Waals surface area (Å²) >= 11 is 0. The maximum atomic E-state index is 8.93. The Morgan fingerprint density at radius 2 is 1.71 bits per heavy atom. The van der Waals surface area contributed by atoms with E-state index in [1.54, 1.807) is 20.8 Å². The van der Waals surface area contributed by atoms with Crippen LogP contribution in [0.4, 0.5) is 0 Å². The van der Waals surface area contributed by atoms with E-state index in [1.165, 1.54) is 0 Å². The van der Waals surface area contributed by atoms with Crippen molar-refractivity contribution >= 4 is 0 Å². The fourth-order valence-electron chi connectivity index (χ4n) is 0. The van der Waals surface area contributed by atoms with Gasteiger partial charge in [-0.15, -0.1) is 0 Å². The Bertz CT molecular complexity index is 53.6. The van der Waals surface area contributed by atoms with E-state index >= 15 is 0 Å². The lowest BCUT2D eigenvalue weighted by Crippen LogP contribution is -2.32. The molecule has 0 aliphatic heterocycles. The van der Waals surface area contributed by atoms with Crippen molar-refractivity contribution in [2.75, 3.05) is 0 Å². The third-order valence-electron chi connectivity index (χ3n) is 0.965. The smallest absolute Gasteiger partial charge is 0.0786 e. The zero-order valence-corrected chi connectivity index (χ0v) is 5.02. The molecule has 0 bridgehead atoms. The van der Waals surface area contributed by atoms with Crippen molar-refractivity contribution in [3.05, 3.63) is 6.04 Å². The van der Waals surface area contributed by atoms with Crippen LogP contribution < -0.4 is 5.73 Å². The molecule has 7 heavy (non-hydrogen) atoms. The van der Waals surface area contributed by atoms with Gasteiger partial charge >= 0.3 is 0 Å². The normalized spacial score (nSPS) is 12.9. The molecule has 0 saturated carbocycles. The molecule has 3 N–H and O–H groups in total. The fourth-order valence-corrected chi connectivity index (χ4v) is 0. The molecule has 0 aliphatic carbocycles. The second-order valence-electron chi connectivity index (χ2n) is 2.24. The van der Waals surface area contributed by atoms with Crippen LogP contribution in [-0.4, -0.2) is 10.7 Å². The van der Waals surface area contributed by atoms with Crippen LogP contribution in [0, 0.1) is 6.04 Å². The van der Waals surface area contributed by atoms with E-state index in [2.05, 4.69) is 0 Å². The number of hydrogen-bond donors (Lipinski definition) is 2. The number of hydrogen-bond acceptors (Lipinski definition) is 2. The molecule has 0 unspecified atom stereocenters. The lowest BCUT2D eigenvalue weighted by atomic mass is 10.0. The Hall–Kier alpha value is -0.0800. The summed E-state index contributed by atoms with van der Waals surface area (Å²) in [6, 6.07) is 0.549. The van der Waals surface area contributed by atoms with Gasteiger partial charge < -0.3 is 10.8 Å². The van der Waals surface area contributed by atoms with Crippen LogP contribution >= 0.6 is 0 Å². The summed E-state index contributed by atoms with van der Waals surface area (Å²) in [5.74, 6) is 0. The summed E-state index contributed by atoms with van der Waals surface area (Å²) in [7, 11) is 0. The molecule has 0 amide bonds. The van der Waals surface area contributed by atoms with Gasteiger partial charge in [-0.2, -0.15) is 0 Å². The lowest BCUT2D eigenvalue weighted by Gasteiger charge is -2.19. The van der Waals surface area contributed by atoms with E-state index in [0.717, 1.165) is 0 Å². The van der Waals surface area contributed by atoms with Crippen molar-refractivity contribution in [1.82, 2.24) is 0 Å². The number of nitrogens with two attached hydrogens (primary N) is 1. The Balaban J connectivity index is 3.54. The van der Waals surface area contributed by atoms with Crippen LogP contribution in [0.5, 0.6) is 0 Å². The van der Waals surface area contributed by atoms with Gasteiger partial charge in [-0.3, -0.25) is 0 Å². The summed E-state index contributed by atoms with van der Waals surface area (Å²) in [6.07, 6.45) is 0. The molecule has 0 saturated heterocycles. The maximum Gasteiger partial charge on any atom is 0.0786 e. The summed E-state index contributed by atoms with van der Waals surface area (Å²) in [4.78, 5) is 0. The van der Waals surface area contributed by atoms with Crippen molar-refractivity contribution in [2.24, 2.45) is 5.73 Å². The minimum atomic E-state index is -0.806. The van der Waals surface area contributed by atoms with E-state index in [-0.39, 0.29) is 0 Å². The van der Waals surface area contributed by atoms with Gasteiger partial charge in [-0.25, -0.2) is 0 Å². The Kier molecular flexibility index (Phi) is 1.78. The van der Waals surface area contributed by atoms with Crippen molar-refractivity contribution in [3.8, 4) is 0 Å². The number of rotatable bonds is 1. The molecule has 0 aliphatic rings. The predicted octanol–water partition coefficient (Wildman–Crippen LogP) is 0.268. The van der Waals surface area contributed by atoms with E-state index in [1.807, 2.05) is 0 Å². The van der Waals surface area contributed by atoms with Crippen LogP contribution in [0.3, 0.4) is 0 Å². The summed E-state index contributed by atoms with van der Waals surface area (Å²) < 4.78 is 0. The molecule has 1 radical (unpaired) electrons. The topological polar surface area (TPSA) is 46.2 Å². The Labute approximate surface area is 44.3 Å². The van der Waals surface area contributed by atoms with E-state index in [4.69, 9.17) is 10.8 Å². The van der Waals surface area contributed by atoms with E-state index in [9.17, 15) is 0 Å². The molecule has 0 fully saturated rings. The molecule has 0 atom stereocenters. The highest BCUT2D eigenvalue weighted by Gasteiger charge is 2.17. The molecular formula is C5H12NO. The molecule has 2 heteroatoms. The van der Waals surface area contributed by atoms with Gasteiger partial charge in [0.15, 0.2) is 0 Å². The minimum Gasteiger partial charge on any atom is -0.388 e. The van der Waals surface area contributed by atoms with Crippen molar-refractivity contribution < 1.29 is 5.11 Å². The molecule has 43 valence electrons. The minimum absolute atomic E-state index is 0.549. The zero-order valence-electron chi connectivity index (χ0n) is 5.02. The third-order valence-corrected chi connectivity index (χ3v) is 0.965. The standard InChI is InChI=1S/C5H12NO/c1-4(6)5(2,3)7/h7H,6H2,1-3H3. The molecule has 0 aromatic rings. The van der Waals surface area contributed by atoms with Gasteiger partial charge in [0, 0.05) is 0 Å². The number of aliphatic hydroxyl groups is 1. The van der Waals surface area contributed by atoms with Crippen LogP contribution in [-0.2, 0) is 0 Å². The monoisotopic (exact) mass is 102 g/mol. The lowest BCUT2D eigenvalue weighted by molar-refractivity contribution is 0.0941. The second-order valence-corrected chi connectivity index (χ2v) is 2.24. The zero-order chi connectivity index (χ0) is 6.08. The summed E-state index contributed by atoms with van der Waals surface area (Å²) in [5.41, 5.74) is 4.43. The van der Waals surface area contributed by atoms with Crippen molar-refractivity contribution in [1.29, 1.82) is 0 Å². The Morgan fingerprint density at radius 3 is 1.71 bits per heavy atom. The highest BCUT2D eigenvalue weighted by molar-refractivity contribution is 4.93. The van der Waals surface area contributed by atoms with Crippen LogP contribution in [0.1, 0.15) is 20.8 Å². The van der Waals surface area contributed by atoms with Gasteiger partial charge in [0.2, 0.25) is 0 Å². The Morgan fingerprint density at radius 1 is 1.57 bits per heavy atom. The van der Waals surface area contributed by atoms with Gasteiger partial charge in [0.1, 0.15) is 0 Å². The molecule has 2 nitrogen and oxygen atoms in total. The van der Waals surface area contributed by atoms with Crippen molar-refractivity contribution in [3.63, 3.8) is 0 Å². The first-order chi connectivity index (χ1) is 2.94. The predicted molar refractivity (Wildman–Crippen MR) is 29.4 cm³/mol.